The molecule has 0 aliphatic carbocycles. The van der Waals surface area contributed by atoms with Crippen LogP contribution in [0, 0.1) is 5.92 Å². The van der Waals surface area contributed by atoms with Crippen molar-refractivity contribution in [1.82, 2.24) is 15.5 Å². The summed E-state index contributed by atoms with van der Waals surface area (Å²) in [5.74, 6) is -0.385. The Kier molecular flexibility index (Phi) is 7.99. The number of alkyl halides is 1. The van der Waals surface area contributed by atoms with Crippen LogP contribution in [0.2, 0.25) is 0 Å². The Morgan fingerprint density at radius 2 is 1.92 bits per heavy atom. The number of hydrogen-bond acceptors (Lipinski definition) is 4. The van der Waals surface area contributed by atoms with E-state index in [-0.39, 0.29) is 17.7 Å². The van der Waals surface area contributed by atoms with E-state index in [0.717, 1.165) is 6.42 Å². The van der Waals surface area contributed by atoms with Gasteiger partial charge in [-0.05, 0) is 39.5 Å². The normalized spacial score (nSPS) is 18.8. The molecule has 0 radical (unpaired) electrons. The minimum atomic E-state index is -0.670. The van der Waals surface area contributed by atoms with Crippen molar-refractivity contribution < 1.29 is 19.1 Å². The number of rotatable bonds is 6. The third-order valence-corrected chi connectivity index (χ3v) is 4.01. The zero-order valence-electron chi connectivity index (χ0n) is 15.7. The van der Waals surface area contributed by atoms with Crippen molar-refractivity contribution in [3.05, 3.63) is 0 Å². The highest BCUT2D eigenvalue weighted by molar-refractivity contribution is 6.18. The number of carbonyl (C=O) groups is 3. The molecule has 8 heteroatoms. The predicted molar refractivity (Wildman–Crippen MR) is 96.5 cm³/mol. The molecule has 1 rings (SSSR count). The first kappa shape index (κ1) is 21.5. The number of hydrogen-bond donors (Lipinski definition) is 2. The van der Waals surface area contributed by atoms with Gasteiger partial charge in [-0.1, -0.05) is 13.8 Å². The van der Waals surface area contributed by atoms with E-state index in [1.54, 1.807) is 20.8 Å². The molecule has 7 nitrogen and oxygen atoms in total. The second-order valence-corrected chi connectivity index (χ2v) is 7.92. The van der Waals surface area contributed by atoms with Gasteiger partial charge in [0.05, 0.1) is 0 Å². The molecule has 25 heavy (non-hydrogen) atoms. The lowest BCUT2D eigenvalue weighted by Gasteiger charge is -2.29. The van der Waals surface area contributed by atoms with Crippen LogP contribution >= 0.6 is 11.6 Å². The van der Waals surface area contributed by atoms with E-state index in [9.17, 15) is 14.4 Å². The maximum Gasteiger partial charge on any atom is 0.410 e. The number of nitrogens with zero attached hydrogens (tertiary/aromatic N) is 1. The van der Waals surface area contributed by atoms with Crippen molar-refractivity contribution in [2.24, 2.45) is 5.92 Å². The smallest absolute Gasteiger partial charge is 0.410 e. The van der Waals surface area contributed by atoms with Gasteiger partial charge in [0.15, 0.2) is 0 Å². The van der Waals surface area contributed by atoms with E-state index in [1.165, 1.54) is 4.90 Å². The minimum absolute atomic E-state index is 0.0874. The molecule has 1 fully saturated rings. The highest BCUT2D eigenvalue weighted by Gasteiger charge is 2.38. The molecule has 1 heterocycles. The zero-order chi connectivity index (χ0) is 19.2. The largest absolute Gasteiger partial charge is 0.444 e. The summed E-state index contributed by atoms with van der Waals surface area (Å²) in [5.41, 5.74) is -0.622. The molecule has 1 aliphatic rings. The van der Waals surface area contributed by atoms with Gasteiger partial charge in [0, 0.05) is 19.0 Å². The topological polar surface area (TPSA) is 87.7 Å². The summed E-state index contributed by atoms with van der Waals surface area (Å²) in [7, 11) is 0. The van der Waals surface area contributed by atoms with E-state index < -0.39 is 23.8 Å². The molecule has 144 valence electrons. The molecule has 0 aromatic carbocycles. The summed E-state index contributed by atoms with van der Waals surface area (Å²) in [6, 6.07) is -1.28. The highest BCUT2D eigenvalue weighted by atomic mass is 35.5. The van der Waals surface area contributed by atoms with Crippen molar-refractivity contribution in [1.29, 1.82) is 0 Å². The molecule has 2 atom stereocenters. The van der Waals surface area contributed by atoms with Crippen LogP contribution in [-0.2, 0) is 14.3 Å². The van der Waals surface area contributed by atoms with E-state index in [2.05, 4.69) is 10.6 Å². The summed E-state index contributed by atoms with van der Waals surface area (Å²) in [5, 5.41) is 5.46. The van der Waals surface area contributed by atoms with Crippen molar-refractivity contribution in [3.8, 4) is 0 Å². The average Bonchev–Trinajstić information content (AvgIpc) is 2.97. The summed E-state index contributed by atoms with van der Waals surface area (Å²) in [6.07, 6.45) is 0.777. The van der Waals surface area contributed by atoms with Crippen LogP contribution in [0.15, 0.2) is 0 Å². The van der Waals surface area contributed by atoms with Crippen LogP contribution in [0.25, 0.3) is 0 Å². The average molecular weight is 376 g/mol. The minimum Gasteiger partial charge on any atom is -0.444 e. The zero-order valence-corrected chi connectivity index (χ0v) is 16.5. The lowest BCUT2D eigenvalue weighted by atomic mass is 10.0. The molecule has 0 aromatic heterocycles. The van der Waals surface area contributed by atoms with Crippen LogP contribution in [0.3, 0.4) is 0 Å². The van der Waals surface area contributed by atoms with Gasteiger partial charge in [-0.2, -0.15) is 0 Å². The molecule has 0 bridgehead atoms. The Morgan fingerprint density at radius 1 is 1.28 bits per heavy atom. The van der Waals surface area contributed by atoms with E-state index in [4.69, 9.17) is 16.3 Å². The quantitative estimate of drug-likeness (QED) is 0.694. The fraction of sp³-hybridized carbons (Fsp3) is 0.824. The highest BCUT2D eigenvalue weighted by Crippen LogP contribution is 2.21. The third-order valence-electron chi connectivity index (χ3n) is 3.82. The van der Waals surface area contributed by atoms with Gasteiger partial charge in [-0.15, -0.1) is 11.6 Å². The molecular weight excluding hydrogens is 346 g/mol. The summed E-state index contributed by atoms with van der Waals surface area (Å²) >= 11 is 5.59. The maximum atomic E-state index is 12.7. The number of halogens is 1. The Labute approximate surface area is 154 Å². The van der Waals surface area contributed by atoms with Gasteiger partial charge in [-0.3, -0.25) is 14.5 Å². The molecule has 0 spiro atoms. The molecule has 3 amide bonds. The van der Waals surface area contributed by atoms with Crippen LogP contribution in [0.4, 0.5) is 4.79 Å². The first-order valence-electron chi connectivity index (χ1n) is 8.70. The summed E-state index contributed by atoms with van der Waals surface area (Å²) in [4.78, 5) is 38.6. The van der Waals surface area contributed by atoms with Gasteiger partial charge < -0.3 is 15.4 Å². The van der Waals surface area contributed by atoms with Gasteiger partial charge in [0.2, 0.25) is 11.8 Å². The number of likely N-dealkylation sites (tertiary alicyclic amines) is 1. The maximum absolute atomic E-state index is 12.7. The van der Waals surface area contributed by atoms with Gasteiger partial charge in [0.25, 0.3) is 0 Å². The second-order valence-electron chi connectivity index (χ2n) is 7.54. The molecule has 1 aliphatic heterocycles. The Morgan fingerprint density at radius 3 is 2.44 bits per heavy atom. The van der Waals surface area contributed by atoms with Crippen LogP contribution in [-0.4, -0.2) is 59.5 Å². The first-order valence-corrected chi connectivity index (χ1v) is 9.24. The van der Waals surface area contributed by atoms with Gasteiger partial charge >= 0.3 is 6.09 Å². The lowest BCUT2D eigenvalue weighted by Crippen LogP contribution is -2.55. The first-order chi connectivity index (χ1) is 11.6. The van der Waals surface area contributed by atoms with Gasteiger partial charge in [0.1, 0.15) is 17.7 Å². The fourth-order valence-corrected chi connectivity index (χ4v) is 2.74. The SMILES string of the molecule is CC(C)C(NC(=O)C1CCCN1C(=O)OC(C)(C)C)C(=O)NCCCl. The van der Waals surface area contributed by atoms with Crippen molar-refractivity contribution >= 4 is 29.5 Å². The van der Waals surface area contributed by atoms with E-state index in [1.807, 2.05) is 13.8 Å². The lowest BCUT2D eigenvalue weighted by molar-refractivity contribution is -0.132. The third kappa shape index (κ3) is 6.72. The van der Waals surface area contributed by atoms with Crippen molar-refractivity contribution in [2.45, 2.75) is 65.1 Å². The molecule has 2 N–H and O–H groups in total. The summed E-state index contributed by atoms with van der Waals surface area (Å²) < 4.78 is 5.37. The van der Waals surface area contributed by atoms with Crippen molar-refractivity contribution in [2.75, 3.05) is 19.0 Å². The molecule has 2 unspecified atom stereocenters. The summed E-state index contributed by atoms with van der Waals surface area (Å²) in [6.45, 7) is 9.87. The number of ether oxygens (including phenoxy) is 1. The number of amides is 3. The van der Waals surface area contributed by atoms with Crippen LogP contribution in [0.1, 0.15) is 47.5 Å². The van der Waals surface area contributed by atoms with Crippen LogP contribution in [0.5, 0.6) is 0 Å². The molecule has 0 aromatic rings. The van der Waals surface area contributed by atoms with Gasteiger partial charge in [-0.25, -0.2) is 4.79 Å². The Balaban J connectivity index is 2.75. The molecular formula is C17H30ClN3O4. The van der Waals surface area contributed by atoms with Crippen molar-refractivity contribution in [3.63, 3.8) is 0 Å². The Bertz CT molecular complexity index is 491. The number of nitrogens with one attached hydrogen (secondary N) is 2. The monoisotopic (exact) mass is 375 g/mol. The van der Waals surface area contributed by atoms with E-state index >= 15 is 0 Å². The molecule has 0 saturated carbocycles. The molecule has 1 saturated heterocycles. The second kappa shape index (κ2) is 9.27. The number of carbonyl (C=O) groups excluding carboxylic acids is 3. The standard InChI is InChI=1S/C17H30ClN3O4/c1-11(2)13(15(23)19-9-8-18)20-14(22)12-7-6-10-21(12)16(24)25-17(3,4)5/h11-13H,6-10H2,1-5H3,(H,19,23)(H,20,22). The van der Waals surface area contributed by atoms with Crippen LogP contribution < -0.4 is 10.6 Å². The van der Waals surface area contributed by atoms with E-state index in [0.29, 0.717) is 25.4 Å². The fourth-order valence-electron chi connectivity index (χ4n) is 2.64. The predicted octanol–water partition coefficient (Wildman–Crippen LogP) is 1.88. The Hall–Kier alpha value is -1.50.